The maximum absolute atomic E-state index is 4.16. The van der Waals surface area contributed by atoms with Gasteiger partial charge in [-0.05, 0) is 53.0 Å². The van der Waals surface area contributed by atoms with E-state index in [0.29, 0.717) is 0 Å². The zero-order chi connectivity index (χ0) is 18.4. The molecule has 0 radical (unpaired) electrons. The molecule has 0 fully saturated rings. The van der Waals surface area contributed by atoms with Crippen LogP contribution in [0.25, 0.3) is 0 Å². The first kappa shape index (κ1) is 24.1. The van der Waals surface area contributed by atoms with E-state index in [1.54, 1.807) is 7.05 Å². The first-order valence-corrected chi connectivity index (χ1v) is 9.04. The monoisotopic (exact) mass is 320 g/mol. The van der Waals surface area contributed by atoms with Crippen LogP contribution in [0.1, 0.15) is 88.0 Å². The zero-order valence-electron chi connectivity index (χ0n) is 17.4. The van der Waals surface area contributed by atoms with Crippen molar-refractivity contribution in [3.63, 3.8) is 0 Å². The van der Waals surface area contributed by atoms with Crippen LogP contribution in [0.4, 0.5) is 0 Å². The summed E-state index contributed by atoms with van der Waals surface area (Å²) < 4.78 is 0. The van der Waals surface area contributed by atoms with E-state index in [1.165, 1.54) is 48.0 Å². The summed E-state index contributed by atoms with van der Waals surface area (Å²) in [7, 11) is 1.70. The van der Waals surface area contributed by atoms with E-state index >= 15 is 0 Å². The van der Waals surface area contributed by atoms with Crippen molar-refractivity contribution in [2.75, 3.05) is 7.05 Å². The van der Waals surface area contributed by atoms with Crippen LogP contribution in [0.5, 0.6) is 0 Å². The van der Waals surface area contributed by atoms with Gasteiger partial charge in [0.2, 0.25) is 0 Å². The molecule has 0 aliphatic rings. The minimum Gasteiger partial charge on any atom is -0.192 e. The normalized spacial score (nSPS) is 11.3. The third-order valence-corrected chi connectivity index (χ3v) is 3.93. The standard InChI is InChI=1S/C13H22N2.C8H18/c1-8-12(15-14-7)13(10(4)5)11(6)9(2)3;1-4-6-8(3)7-5-2/h8H,1-7H3;8H,4-7H2,1-3H3/b12-8-,15-14?;. The predicted octanol–water partition coefficient (Wildman–Crippen LogP) is 7.89. The Hall–Kier alpha value is -1.18. The second-order valence-electron chi connectivity index (χ2n) is 6.66. The summed E-state index contributed by atoms with van der Waals surface area (Å²) in [5, 5.41) is 8.01. The minimum atomic E-state index is 0.955. The number of allylic oxidation sites excluding steroid dienone is 4. The van der Waals surface area contributed by atoms with E-state index in [1.807, 2.05) is 13.0 Å². The summed E-state index contributed by atoms with van der Waals surface area (Å²) in [4.78, 5) is 0. The van der Waals surface area contributed by atoms with E-state index in [-0.39, 0.29) is 0 Å². The summed E-state index contributed by atoms with van der Waals surface area (Å²) >= 11 is 0. The highest BCUT2D eigenvalue weighted by Gasteiger charge is 2.09. The summed E-state index contributed by atoms with van der Waals surface area (Å²) in [5.41, 5.74) is 6.04. The van der Waals surface area contributed by atoms with Gasteiger partial charge in [0.1, 0.15) is 0 Å². The molecule has 0 unspecified atom stereocenters. The Morgan fingerprint density at radius 3 is 1.65 bits per heavy atom. The van der Waals surface area contributed by atoms with Crippen molar-refractivity contribution in [1.29, 1.82) is 0 Å². The highest BCUT2D eigenvalue weighted by Crippen LogP contribution is 2.26. The lowest BCUT2D eigenvalue weighted by Crippen LogP contribution is -1.94. The van der Waals surface area contributed by atoms with Crippen LogP contribution in [0.3, 0.4) is 0 Å². The van der Waals surface area contributed by atoms with Crippen LogP contribution in [-0.4, -0.2) is 7.05 Å². The molecule has 0 saturated carbocycles. The van der Waals surface area contributed by atoms with Gasteiger partial charge in [-0.3, -0.25) is 0 Å². The topological polar surface area (TPSA) is 24.7 Å². The smallest absolute Gasteiger partial charge is 0.0884 e. The van der Waals surface area contributed by atoms with Gasteiger partial charge in [-0.1, -0.05) is 63.7 Å². The van der Waals surface area contributed by atoms with Crippen molar-refractivity contribution in [3.8, 4) is 0 Å². The number of azo groups is 1. The van der Waals surface area contributed by atoms with Crippen molar-refractivity contribution in [2.24, 2.45) is 16.1 Å². The van der Waals surface area contributed by atoms with Crippen molar-refractivity contribution in [1.82, 2.24) is 0 Å². The summed E-state index contributed by atoms with van der Waals surface area (Å²) in [5.74, 6) is 0.963. The van der Waals surface area contributed by atoms with E-state index in [4.69, 9.17) is 0 Å². The lowest BCUT2D eigenvalue weighted by molar-refractivity contribution is 0.480. The molecule has 0 N–H and O–H groups in total. The molecule has 0 heterocycles. The predicted molar refractivity (Wildman–Crippen MR) is 106 cm³/mol. The summed E-state index contributed by atoms with van der Waals surface area (Å²) in [6.07, 6.45) is 7.52. The molecule has 0 rings (SSSR count). The van der Waals surface area contributed by atoms with Crippen molar-refractivity contribution in [3.05, 3.63) is 34.1 Å². The quantitative estimate of drug-likeness (QED) is 0.336. The third kappa shape index (κ3) is 11.1. The van der Waals surface area contributed by atoms with Gasteiger partial charge in [-0.2, -0.15) is 10.2 Å². The maximum atomic E-state index is 4.16. The van der Waals surface area contributed by atoms with Crippen LogP contribution in [0, 0.1) is 5.92 Å². The molecular weight excluding hydrogens is 280 g/mol. The minimum absolute atomic E-state index is 0.955. The number of hydrogen-bond acceptors (Lipinski definition) is 2. The molecule has 0 aromatic heterocycles. The SMILES string of the molecule is C/C=C(\N=NC)C(=C(C)C)C(C)=C(C)C.CCCC(C)CCC. The molecule has 0 atom stereocenters. The molecular formula is C21H40N2. The Morgan fingerprint density at radius 1 is 0.913 bits per heavy atom. The molecule has 2 nitrogen and oxygen atoms in total. The molecule has 0 spiro atoms. The third-order valence-electron chi connectivity index (χ3n) is 3.93. The van der Waals surface area contributed by atoms with Crippen LogP contribution in [0.2, 0.25) is 0 Å². The lowest BCUT2D eigenvalue weighted by atomic mass is 9.96. The van der Waals surface area contributed by atoms with Gasteiger partial charge >= 0.3 is 0 Å². The average Bonchev–Trinajstić information content (AvgIpc) is 2.47. The fourth-order valence-electron chi connectivity index (χ4n) is 2.56. The number of hydrogen-bond donors (Lipinski definition) is 0. The Labute approximate surface area is 145 Å². The lowest BCUT2D eigenvalue weighted by Gasteiger charge is -2.12. The summed E-state index contributed by atoms with van der Waals surface area (Å²) in [6, 6.07) is 0. The van der Waals surface area contributed by atoms with E-state index in [0.717, 1.165) is 11.6 Å². The van der Waals surface area contributed by atoms with Gasteiger partial charge in [-0.25, -0.2) is 0 Å². The molecule has 2 heteroatoms. The van der Waals surface area contributed by atoms with Crippen LogP contribution in [-0.2, 0) is 0 Å². The fraction of sp³-hybridized carbons (Fsp3) is 0.714. The Kier molecular flexibility index (Phi) is 15.1. The molecule has 0 bridgehead atoms. The highest BCUT2D eigenvalue weighted by atomic mass is 15.1. The molecule has 23 heavy (non-hydrogen) atoms. The van der Waals surface area contributed by atoms with Crippen molar-refractivity contribution < 1.29 is 0 Å². The second-order valence-corrected chi connectivity index (χ2v) is 6.66. The highest BCUT2D eigenvalue weighted by molar-refractivity contribution is 5.48. The van der Waals surface area contributed by atoms with Crippen molar-refractivity contribution >= 4 is 0 Å². The van der Waals surface area contributed by atoms with Gasteiger partial charge in [0.05, 0.1) is 5.70 Å². The van der Waals surface area contributed by atoms with Gasteiger partial charge in [-0.15, -0.1) is 0 Å². The first-order valence-electron chi connectivity index (χ1n) is 9.04. The van der Waals surface area contributed by atoms with Crippen molar-refractivity contribution in [2.45, 2.75) is 88.0 Å². The second kappa shape index (κ2) is 14.4. The van der Waals surface area contributed by atoms with E-state index in [2.05, 4.69) is 65.6 Å². The average molecular weight is 321 g/mol. The van der Waals surface area contributed by atoms with Gasteiger partial charge in [0.25, 0.3) is 0 Å². The van der Waals surface area contributed by atoms with Crippen LogP contribution >= 0.6 is 0 Å². The van der Waals surface area contributed by atoms with E-state index in [9.17, 15) is 0 Å². The molecule has 134 valence electrons. The Bertz CT molecular complexity index is 423. The molecule has 0 amide bonds. The molecule has 0 aliphatic carbocycles. The van der Waals surface area contributed by atoms with Gasteiger partial charge in [0.15, 0.2) is 0 Å². The van der Waals surface area contributed by atoms with E-state index < -0.39 is 0 Å². The van der Waals surface area contributed by atoms with Crippen LogP contribution < -0.4 is 0 Å². The van der Waals surface area contributed by atoms with Crippen LogP contribution in [0.15, 0.2) is 44.3 Å². The Balaban J connectivity index is 0. The Morgan fingerprint density at radius 2 is 1.39 bits per heavy atom. The molecule has 0 aromatic rings. The number of rotatable bonds is 7. The molecule has 0 aromatic carbocycles. The van der Waals surface area contributed by atoms with Gasteiger partial charge < -0.3 is 0 Å². The van der Waals surface area contributed by atoms with Gasteiger partial charge in [0, 0.05) is 12.6 Å². The molecule has 0 aliphatic heterocycles. The summed E-state index contributed by atoms with van der Waals surface area (Å²) in [6.45, 7) is 19.4. The maximum Gasteiger partial charge on any atom is 0.0884 e. The number of nitrogens with zero attached hydrogens (tertiary/aromatic N) is 2. The first-order chi connectivity index (χ1) is 10.8. The molecule has 0 saturated heterocycles. The fourth-order valence-corrected chi connectivity index (χ4v) is 2.56. The largest absolute Gasteiger partial charge is 0.192 e. The zero-order valence-corrected chi connectivity index (χ0v) is 17.4.